The quantitative estimate of drug-likeness (QED) is 0.479. The van der Waals surface area contributed by atoms with Crippen LogP contribution in [-0.4, -0.2) is 37.6 Å². The van der Waals surface area contributed by atoms with Gasteiger partial charge in [0.05, 0.1) is 12.1 Å². The minimum Gasteiger partial charge on any atom is -0.464 e. The molecule has 0 bridgehead atoms. The first-order valence-corrected chi connectivity index (χ1v) is 6.95. The molecule has 1 aliphatic heterocycles. The number of amides is 1. The monoisotopic (exact) mass is 281 g/mol. The number of nitrogens with one attached hydrogen (secondary N) is 1. The highest BCUT2D eigenvalue weighted by Crippen LogP contribution is 2.21. The second-order valence-corrected chi connectivity index (χ2v) is 5.33. The number of hydrogen-bond acceptors (Lipinski definition) is 5. The van der Waals surface area contributed by atoms with Crippen LogP contribution in [0.4, 0.5) is 0 Å². The number of rotatable bonds is 5. The number of nitrogen functional groups attached to an aromatic ring is 1. The van der Waals surface area contributed by atoms with E-state index in [0.29, 0.717) is 17.2 Å². The minimum absolute atomic E-state index is 0.309. The van der Waals surface area contributed by atoms with Gasteiger partial charge in [0.15, 0.2) is 0 Å². The number of methoxy groups -OCH3 is 1. The highest BCUT2D eigenvalue weighted by atomic mass is 16.5. The Kier molecular flexibility index (Phi) is 5.17. The SMILES string of the molecule is COCC1CCN(Cc2cc(C(=O)NN)c(C)o2)CC1. The normalized spacial score (nSPS) is 17.4. The number of hydrogen-bond donors (Lipinski definition) is 2. The summed E-state index contributed by atoms with van der Waals surface area (Å²) in [5.41, 5.74) is 2.64. The molecule has 0 aromatic carbocycles. The van der Waals surface area contributed by atoms with Crippen molar-refractivity contribution in [3.05, 3.63) is 23.2 Å². The lowest BCUT2D eigenvalue weighted by molar-refractivity contribution is 0.0938. The average molecular weight is 281 g/mol. The third-order valence-corrected chi connectivity index (χ3v) is 3.83. The van der Waals surface area contributed by atoms with Crippen molar-refractivity contribution in [3.63, 3.8) is 0 Å². The van der Waals surface area contributed by atoms with Gasteiger partial charge in [-0.2, -0.15) is 0 Å². The Morgan fingerprint density at radius 3 is 2.85 bits per heavy atom. The summed E-state index contributed by atoms with van der Waals surface area (Å²) >= 11 is 0. The Morgan fingerprint density at radius 1 is 1.55 bits per heavy atom. The molecule has 0 aliphatic carbocycles. The molecule has 0 atom stereocenters. The molecule has 20 heavy (non-hydrogen) atoms. The lowest BCUT2D eigenvalue weighted by Gasteiger charge is -2.30. The summed E-state index contributed by atoms with van der Waals surface area (Å²) in [5, 5.41) is 0. The van der Waals surface area contributed by atoms with Crippen molar-refractivity contribution in [1.29, 1.82) is 0 Å². The molecular weight excluding hydrogens is 258 g/mol. The summed E-state index contributed by atoms with van der Waals surface area (Å²) in [4.78, 5) is 13.9. The fourth-order valence-corrected chi connectivity index (χ4v) is 2.69. The van der Waals surface area contributed by atoms with Crippen LogP contribution in [0.15, 0.2) is 10.5 Å². The molecule has 2 heterocycles. The molecule has 1 aliphatic rings. The van der Waals surface area contributed by atoms with Gasteiger partial charge in [0.25, 0.3) is 5.91 Å². The zero-order chi connectivity index (χ0) is 14.5. The maximum atomic E-state index is 11.5. The summed E-state index contributed by atoms with van der Waals surface area (Å²) < 4.78 is 10.8. The smallest absolute Gasteiger partial charge is 0.268 e. The predicted octanol–water partition coefficient (Wildman–Crippen LogP) is 1.05. The van der Waals surface area contributed by atoms with Crippen molar-refractivity contribution in [3.8, 4) is 0 Å². The number of ether oxygens (including phenoxy) is 1. The number of hydrazine groups is 1. The number of carbonyl (C=O) groups is 1. The molecule has 0 saturated carbocycles. The van der Waals surface area contributed by atoms with Gasteiger partial charge in [-0.3, -0.25) is 15.1 Å². The van der Waals surface area contributed by atoms with Crippen LogP contribution in [0.3, 0.4) is 0 Å². The molecule has 1 amide bonds. The molecule has 2 rings (SSSR count). The second kappa shape index (κ2) is 6.88. The largest absolute Gasteiger partial charge is 0.464 e. The maximum absolute atomic E-state index is 11.5. The number of nitrogens with two attached hydrogens (primary N) is 1. The van der Waals surface area contributed by atoms with Gasteiger partial charge in [0.2, 0.25) is 0 Å². The molecule has 6 nitrogen and oxygen atoms in total. The van der Waals surface area contributed by atoms with Crippen LogP contribution < -0.4 is 11.3 Å². The molecule has 1 saturated heterocycles. The summed E-state index contributed by atoms with van der Waals surface area (Å²) in [7, 11) is 1.75. The van der Waals surface area contributed by atoms with Crippen LogP contribution in [0.5, 0.6) is 0 Å². The number of likely N-dealkylation sites (tertiary alicyclic amines) is 1. The lowest BCUT2D eigenvalue weighted by atomic mass is 9.98. The first-order valence-electron chi connectivity index (χ1n) is 6.95. The zero-order valence-corrected chi connectivity index (χ0v) is 12.1. The number of furan rings is 1. The summed E-state index contributed by atoms with van der Waals surface area (Å²) in [5.74, 6) is 6.92. The Balaban J connectivity index is 1.90. The molecular formula is C14H23N3O3. The van der Waals surface area contributed by atoms with Crippen LogP contribution in [0, 0.1) is 12.8 Å². The Labute approximate surface area is 119 Å². The highest BCUT2D eigenvalue weighted by Gasteiger charge is 2.21. The van der Waals surface area contributed by atoms with Gasteiger partial charge in [-0.1, -0.05) is 0 Å². The first-order chi connectivity index (χ1) is 9.63. The van der Waals surface area contributed by atoms with Crippen LogP contribution in [0.25, 0.3) is 0 Å². The molecule has 0 spiro atoms. The average Bonchev–Trinajstić information content (AvgIpc) is 2.81. The van der Waals surface area contributed by atoms with Crippen molar-refractivity contribution in [1.82, 2.24) is 10.3 Å². The van der Waals surface area contributed by atoms with Crippen LogP contribution >= 0.6 is 0 Å². The van der Waals surface area contributed by atoms with Crippen molar-refractivity contribution < 1.29 is 13.9 Å². The second-order valence-electron chi connectivity index (χ2n) is 5.33. The molecule has 0 radical (unpaired) electrons. The number of aryl methyl sites for hydroxylation is 1. The van der Waals surface area contributed by atoms with Gasteiger partial charge in [-0.25, -0.2) is 5.84 Å². The van der Waals surface area contributed by atoms with Gasteiger partial charge < -0.3 is 9.15 Å². The zero-order valence-electron chi connectivity index (χ0n) is 12.1. The van der Waals surface area contributed by atoms with Crippen molar-refractivity contribution >= 4 is 5.91 Å². The molecule has 6 heteroatoms. The van der Waals surface area contributed by atoms with E-state index >= 15 is 0 Å². The molecule has 0 unspecified atom stereocenters. The van der Waals surface area contributed by atoms with E-state index in [1.54, 1.807) is 20.1 Å². The minimum atomic E-state index is -0.309. The molecule has 1 fully saturated rings. The number of piperidine rings is 1. The maximum Gasteiger partial charge on any atom is 0.268 e. The fourth-order valence-electron chi connectivity index (χ4n) is 2.69. The van der Waals surface area contributed by atoms with Gasteiger partial charge >= 0.3 is 0 Å². The van der Waals surface area contributed by atoms with E-state index in [9.17, 15) is 4.79 Å². The third kappa shape index (κ3) is 3.59. The molecule has 1 aromatic rings. The molecule has 1 aromatic heterocycles. The topological polar surface area (TPSA) is 80.7 Å². The van der Waals surface area contributed by atoms with E-state index in [0.717, 1.165) is 44.8 Å². The Bertz CT molecular complexity index is 451. The van der Waals surface area contributed by atoms with Gasteiger partial charge in [0, 0.05) is 13.7 Å². The van der Waals surface area contributed by atoms with Crippen molar-refractivity contribution in [2.24, 2.45) is 11.8 Å². The fraction of sp³-hybridized carbons (Fsp3) is 0.643. The van der Waals surface area contributed by atoms with Gasteiger partial charge in [-0.15, -0.1) is 0 Å². The van der Waals surface area contributed by atoms with E-state index in [2.05, 4.69) is 10.3 Å². The van der Waals surface area contributed by atoms with Crippen molar-refractivity contribution in [2.75, 3.05) is 26.8 Å². The van der Waals surface area contributed by atoms with E-state index < -0.39 is 0 Å². The molecule has 112 valence electrons. The Morgan fingerprint density at radius 2 is 2.25 bits per heavy atom. The van der Waals surface area contributed by atoms with E-state index in [-0.39, 0.29) is 5.91 Å². The lowest BCUT2D eigenvalue weighted by Crippen LogP contribution is -2.34. The number of nitrogens with zero attached hydrogens (tertiary/aromatic N) is 1. The summed E-state index contributed by atoms with van der Waals surface area (Å²) in [6.45, 7) is 5.42. The highest BCUT2D eigenvalue weighted by molar-refractivity contribution is 5.94. The van der Waals surface area contributed by atoms with E-state index in [1.165, 1.54) is 0 Å². The first kappa shape index (κ1) is 15.0. The Hall–Kier alpha value is -1.37. The summed E-state index contributed by atoms with van der Waals surface area (Å²) in [6, 6.07) is 1.78. The number of carbonyl (C=O) groups excluding carboxylic acids is 1. The van der Waals surface area contributed by atoms with Crippen LogP contribution in [0.2, 0.25) is 0 Å². The summed E-state index contributed by atoms with van der Waals surface area (Å²) in [6.07, 6.45) is 2.29. The van der Waals surface area contributed by atoms with Gasteiger partial charge in [0.1, 0.15) is 11.5 Å². The van der Waals surface area contributed by atoms with Crippen LogP contribution in [0.1, 0.15) is 34.7 Å². The van der Waals surface area contributed by atoms with Crippen LogP contribution in [-0.2, 0) is 11.3 Å². The van der Waals surface area contributed by atoms with E-state index in [1.807, 2.05) is 0 Å². The molecule has 3 N–H and O–H groups in total. The third-order valence-electron chi connectivity index (χ3n) is 3.83. The van der Waals surface area contributed by atoms with Crippen molar-refractivity contribution in [2.45, 2.75) is 26.3 Å². The van der Waals surface area contributed by atoms with Gasteiger partial charge in [-0.05, 0) is 44.8 Å². The van der Waals surface area contributed by atoms with E-state index in [4.69, 9.17) is 15.0 Å². The standard InChI is InChI=1S/C14H23N3O3/c1-10-13(14(18)16-15)7-12(20-10)8-17-5-3-11(4-6-17)9-19-2/h7,11H,3-6,8-9,15H2,1-2H3,(H,16,18). The predicted molar refractivity (Wildman–Crippen MR) is 75.0 cm³/mol.